The van der Waals surface area contributed by atoms with Crippen LogP contribution in [0.15, 0.2) is 77.9 Å². The molecule has 0 bridgehead atoms. The highest BCUT2D eigenvalue weighted by Gasteiger charge is 2.16. The molecule has 0 unspecified atom stereocenters. The fourth-order valence-corrected chi connectivity index (χ4v) is 3.26. The smallest absolute Gasteiger partial charge is 0.280 e. The molecule has 0 saturated carbocycles. The van der Waals surface area contributed by atoms with E-state index in [1.807, 2.05) is 30.3 Å². The Bertz CT molecular complexity index is 1380. The molecule has 0 saturated heterocycles. The van der Waals surface area contributed by atoms with E-state index >= 15 is 0 Å². The van der Waals surface area contributed by atoms with Crippen LogP contribution < -0.4 is 20.8 Å². The van der Waals surface area contributed by atoms with Crippen molar-refractivity contribution in [2.75, 3.05) is 17.7 Å². The van der Waals surface area contributed by atoms with Gasteiger partial charge >= 0.3 is 0 Å². The van der Waals surface area contributed by atoms with Gasteiger partial charge in [0.25, 0.3) is 5.91 Å². The summed E-state index contributed by atoms with van der Waals surface area (Å²) in [5.41, 5.74) is 1.53. The van der Waals surface area contributed by atoms with E-state index < -0.39 is 11.3 Å². The average molecular weight is 458 g/mol. The molecule has 0 spiro atoms. The van der Waals surface area contributed by atoms with Crippen LogP contribution in [0.5, 0.6) is 5.75 Å². The van der Waals surface area contributed by atoms with E-state index in [0.717, 1.165) is 5.69 Å². The minimum absolute atomic E-state index is 0.0640. The summed E-state index contributed by atoms with van der Waals surface area (Å²) in [6.45, 7) is 1.68. The van der Waals surface area contributed by atoms with Crippen molar-refractivity contribution in [3.05, 3.63) is 94.7 Å². The Balaban J connectivity index is 1.43. The first kappa shape index (κ1) is 22.5. The topological polar surface area (TPSA) is 120 Å². The number of aryl methyl sites for hydroxylation is 1. The van der Waals surface area contributed by atoms with Crippen molar-refractivity contribution >= 4 is 23.2 Å². The van der Waals surface area contributed by atoms with Gasteiger partial charge < -0.3 is 15.4 Å². The third-order valence-electron chi connectivity index (χ3n) is 4.89. The minimum atomic E-state index is -0.670. The van der Waals surface area contributed by atoms with Gasteiger partial charge in [0, 0.05) is 23.6 Å². The van der Waals surface area contributed by atoms with Crippen LogP contribution in [-0.2, 0) is 11.3 Å². The summed E-state index contributed by atoms with van der Waals surface area (Å²) in [5.74, 6) is -0.280. The van der Waals surface area contributed by atoms with Gasteiger partial charge in [-0.15, -0.1) is 0 Å². The molecular weight excluding hydrogens is 436 g/mol. The molecule has 0 aliphatic rings. The summed E-state index contributed by atoms with van der Waals surface area (Å²) in [4.78, 5) is 37.4. The number of benzene rings is 2. The van der Waals surface area contributed by atoms with E-state index in [1.54, 1.807) is 38.3 Å². The van der Waals surface area contributed by atoms with Crippen LogP contribution in [0.2, 0.25) is 0 Å². The van der Waals surface area contributed by atoms with Gasteiger partial charge in [-0.3, -0.25) is 19.1 Å². The Kier molecular flexibility index (Phi) is 6.49. The van der Waals surface area contributed by atoms with Crippen LogP contribution in [0.3, 0.4) is 0 Å². The number of methoxy groups -OCH3 is 1. The van der Waals surface area contributed by atoms with Crippen LogP contribution in [0.1, 0.15) is 16.2 Å². The first-order valence-electron chi connectivity index (χ1n) is 10.4. The first-order chi connectivity index (χ1) is 16.4. The van der Waals surface area contributed by atoms with Gasteiger partial charge in [0.2, 0.25) is 11.3 Å². The average Bonchev–Trinajstić information content (AvgIpc) is 3.26. The van der Waals surface area contributed by atoms with Crippen molar-refractivity contribution in [1.29, 1.82) is 0 Å². The van der Waals surface area contributed by atoms with E-state index in [9.17, 15) is 14.4 Å². The number of para-hydroxylation sites is 1. The second-order valence-electron chi connectivity index (χ2n) is 7.40. The zero-order valence-corrected chi connectivity index (χ0v) is 18.6. The van der Waals surface area contributed by atoms with Gasteiger partial charge in [-0.1, -0.05) is 18.2 Å². The van der Waals surface area contributed by atoms with Crippen LogP contribution in [0.4, 0.5) is 11.4 Å². The van der Waals surface area contributed by atoms with Gasteiger partial charge in [0.05, 0.1) is 24.7 Å². The molecule has 2 aromatic heterocycles. The molecule has 172 valence electrons. The molecule has 10 nitrogen and oxygen atoms in total. The summed E-state index contributed by atoms with van der Waals surface area (Å²) in [6.07, 6.45) is 2.89. The lowest BCUT2D eigenvalue weighted by atomic mass is 10.2. The second-order valence-corrected chi connectivity index (χ2v) is 7.40. The maximum Gasteiger partial charge on any atom is 0.280 e. The molecule has 0 atom stereocenters. The number of carbonyl (C=O) groups is 2. The Hall–Kier alpha value is -4.73. The highest BCUT2D eigenvalue weighted by Crippen LogP contribution is 2.15. The predicted molar refractivity (Wildman–Crippen MR) is 126 cm³/mol. The predicted octanol–water partition coefficient (Wildman–Crippen LogP) is 2.64. The molecule has 4 rings (SSSR count). The number of nitrogens with zero attached hydrogens (tertiary/aromatic N) is 4. The lowest BCUT2D eigenvalue weighted by Gasteiger charge is -2.10. The fraction of sp³-hybridized carbons (Fsp3) is 0.125. The molecule has 0 aliphatic heterocycles. The standard InChI is InChI=1S/C24H22N6O4/c1-16-12-21(31)23(28-30(16)19-6-4-3-5-7-19)24(33)27-18-13-25-29(14-18)15-22(32)26-17-8-10-20(34-2)11-9-17/h3-14H,15H2,1-2H3,(H,26,32)(H,27,33). The molecule has 2 N–H and O–H groups in total. The summed E-state index contributed by atoms with van der Waals surface area (Å²) in [6, 6.07) is 17.5. The van der Waals surface area contributed by atoms with Gasteiger partial charge in [0.15, 0.2) is 5.69 Å². The molecule has 10 heteroatoms. The largest absolute Gasteiger partial charge is 0.497 e. The summed E-state index contributed by atoms with van der Waals surface area (Å²) in [7, 11) is 1.56. The van der Waals surface area contributed by atoms with Crippen LogP contribution in [0.25, 0.3) is 5.69 Å². The van der Waals surface area contributed by atoms with Gasteiger partial charge in [-0.25, -0.2) is 4.68 Å². The first-order valence-corrected chi connectivity index (χ1v) is 10.4. The number of hydrogen-bond donors (Lipinski definition) is 2. The zero-order valence-electron chi connectivity index (χ0n) is 18.6. The van der Waals surface area contributed by atoms with Crippen molar-refractivity contribution in [1.82, 2.24) is 19.6 Å². The number of anilines is 2. The van der Waals surface area contributed by atoms with E-state index in [1.165, 1.54) is 27.8 Å². The molecular formula is C24H22N6O4. The zero-order chi connectivity index (χ0) is 24.1. The fourth-order valence-electron chi connectivity index (χ4n) is 3.26. The molecule has 2 amide bonds. The van der Waals surface area contributed by atoms with E-state index in [0.29, 0.717) is 22.8 Å². The molecule has 0 fully saturated rings. The molecule has 34 heavy (non-hydrogen) atoms. The Morgan fingerprint density at radius 2 is 1.74 bits per heavy atom. The van der Waals surface area contributed by atoms with Crippen molar-refractivity contribution in [2.24, 2.45) is 0 Å². The van der Waals surface area contributed by atoms with Crippen molar-refractivity contribution < 1.29 is 14.3 Å². The number of amides is 2. The Labute approximate surface area is 194 Å². The SMILES string of the molecule is COc1ccc(NC(=O)Cn2cc(NC(=O)c3nn(-c4ccccc4)c(C)cc3=O)cn2)cc1. The number of aromatic nitrogens is 4. The van der Waals surface area contributed by atoms with E-state index in [2.05, 4.69) is 20.8 Å². The third-order valence-corrected chi connectivity index (χ3v) is 4.89. The molecule has 0 aliphatic carbocycles. The van der Waals surface area contributed by atoms with Gasteiger partial charge in [-0.05, 0) is 43.3 Å². The number of hydrogen-bond acceptors (Lipinski definition) is 6. The maximum atomic E-state index is 12.7. The Morgan fingerprint density at radius 3 is 2.44 bits per heavy atom. The van der Waals surface area contributed by atoms with E-state index in [4.69, 9.17) is 4.74 Å². The molecule has 2 aromatic carbocycles. The lowest BCUT2D eigenvalue weighted by Crippen LogP contribution is -2.26. The highest BCUT2D eigenvalue weighted by molar-refractivity contribution is 6.02. The van der Waals surface area contributed by atoms with Crippen molar-refractivity contribution in [3.63, 3.8) is 0 Å². The summed E-state index contributed by atoms with van der Waals surface area (Å²) >= 11 is 0. The number of ether oxygens (including phenoxy) is 1. The number of rotatable bonds is 7. The summed E-state index contributed by atoms with van der Waals surface area (Å²) < 4.78 is 8.00. The normalized spacial score (nSPS) is 10.5. The van der Waals surface area contributed by atoms with Crippen molar-refractivity contribution in [3.8, 4) is 11.4 Å². The monoisotopic (exact) mass is 458 g/mol. The van der Waals surface area contributed by atoms with Crippen molar-refractivity contribution in [2.45, 2.75) is 13.5 Å². The number of nitrogens with one attached hydrogen (secondary N) is 2. The van der Waals surface area contributed by atoms with Crippen LogP contribution in [0, 0.1) is 6.92 Å². The summed E-state index contributed by atoms with van der Waals surface area (Å²) in [5, 5.41) is 13.7. The highest BCUT2D eigenvalue weighted by atomic mass is 16.5. The third kappa shape index (κ3) is 5.18. The van der Waals surface area contributed by atoms with Crippen LogP contribution in [-0.4, -0.2) is 38.5 Å². The van der Waals surface area contributed by atoms with E-state index in [-0.39, 0.29) is 18.1 Å². The Morgan fingerprint density at radius 1 is 1.00 bits per heavy atom. The van der Waals surface area contributed by atoms with Crippen LogP contribution >= 0.6 is 0 Å². The minimum Gasteiger partial charge on any atom is -0.497 e. The second kappa shape index (κ2) is 9.82. The quantitative estimate of drug-likeness (QED) is 0.439. The van der Waals surface area contributed by atoms with Gasteiger partial charge in [0.1, 0.15) is 12.3 Å². The lowest BCUT2D eigenvalue weighted by molar-refractivity contribution is -0.116. The molecule has 0 radical (unpaired) electrons. The maximum absolute atomic E-state index is 12.7. The van der Waals surface area contributed by atoms with Gasteiger partial charge in [-0.2, -0.15) is 10.2 Å². The molecule has 2 heterocycles. The molecule has 4 aromatic rings. The number of carbonyl (C=O) groups excluding carboxylic acids is 2.